The molecular weight excluding hydrogens is 316 g/mol. The van der Waals surface area contributed by atoms with E-state index in [1.807, 2.05) is 50.2 Å². The first-order valence-electron chi connectivity index (χ1n) is 7.99. The third kappa shape index (κ3) is 3.68. The molecular formula is C19H20N4O2. The number of aromatic nitrogens is 2. The average molecular weight is 336 g/mol. The number of carbonyl (C=O) groups excluding carboxylic acids is 1. The number of carbonyl (C=O) groups is 1. The fourth-order valence-corrected chi connectivity index (χ4v) is 2.54. The lowest BCUT2D eigenvalue weighted by molar-refractivity contribution is 0.1000. The fourth-order valence-electron chi connectivity index (χ4n) is 2.54. The summed E-state index contributed by atoms with van der Waals surface area (Å²) in [4.78, 5) is 11.2. The van der Waals surface area contributed by atoms with Crippen LogP contribution in [0.1, 0.15) is 41.2 Å². The van der Waals surface area contributed by atoms with E-state index in [2.05, 4.69) is 15.5 Å². The van der Waals surface area contributed by atoms with Crippen LogP contribution in [0.4, 0.5) is 6.01 Å². The largest absolute Gasteiger partial charge is 0.407 e. The number of hydrogen-bond acceptors (Lipinski definition) is 5. The van der Waals surface area contributed by atoms with E-state index in [1.54, 1.807) is 18.2 Å². The van der Waals surface area contributed by atoms with Crippen LogP contribution in [0.15, 0.2) is 59.0 Å². The quantitative estimate of drug-likeness (QED) is 0.721. The Kier molecular flexibility index (Phi) is 4.52. The van der Waals surface area contributed by atoms with E-state index in [4.69, 9.17) is 10.2 Å². The Bertz CT molecular complexity index is 872. The molecule has 0 aliphatic rings. The second kappa shape index (κ2) is 6.76. The number of benzene rings is 2. The van der Waals surface area contributed by atoms with Crippen molar-refractivity contribution >= 4 is 11.9 Å². The van der Waals surface area contributed by atoms with Gasteiger partial charge in [-0.05, 0) is 37.1 Å². The minimum Gasteiger partial charge on any atom is -0.407 e. The van der Waals surface area contributed by atoms with Gasteiger partial charge in [-0.2, -0.15) is 0 Å². The number of nitrogens with one attached hydrogen (secondary N) is 1. The van der Waals surface area contributed by atoms with Gasteiger partial charge in [-0.15, -0.1) is 5.10 Å². The highest BCUT2D eigenvalue weighted by Crippen LogP contribution is 2.30. The molecule has 128 valence electrons. The van der Waals surface area contributed by atoms with Gasteiger partial charge < -0.3 is 15.5 Å². The Morgan fingerprint density at radius 3 is 2.60 bits per heavy atom. The normalized spacial score (nSPS) is 11.3. The fraction of sp³-hybridized carbons (Fsp3) is 0.211. The summed E-state index contributed by atoms with van der Waals surface area (Å²) in [5.74, 6) is 0.0821. The van der Waals surface area contributed by atoms with Gasteiger partial charge in [0.25, 0.3) is 0 Å². The van der Waals surface area contributed by atoms with Gasteiger partial charge >= 0.3 is 6.01 Å². The van der Waals surface area contributed by atoms with Crippen molar-refractivity contribution in [2.24, 2.45) is 5.73 Å². The van der Waals surface area contributed by atoms with Crippen molar-refractivity contribution in [1.29, 1.82) is 0 Å². The molecule has 25 heavy (non-hydrogen) atoms. The lowest BCUT2D eigenvalue weighted by Gasteiger charge is -2.20. The van der Waals surface area contributed by atoms with Crippen molar-refractivity contribution in [2.75, 3.05) is 5.32 Å². The van der Waals surface area contributed by atoms with Crippen molar-refractivity contribution in [2.45, 2.75) is 25.8 Å². The number of hydrogen-bond donors (Lipinski definition) is 2. The molecule has 0 saturated heterocycles. The first-order chi connectivity index (χ1) is 12.0. The van der Waals surface area contributed by atoms with Crippen LogP contribution in [0.5, 0.6) is 0 Å². The summed E-state index contributed by atoms with van der Waals surface area (Å²) in [7, 11) is 0. The van der Waals surface area contributed by atoms with Crippen molar-refractivity contribution in [3.05, 3.63) is 77.2 Å². The van der Waals surface area contributed by atoms with Crippen LogP contribution in [0.3, 0.4) is 0 Å². The predicted molar refractivity (Wildman–Crippen MR) is 95.2 cm³/mol. The second-order valence-electron chi connectivity index (χ2n) is 6.32. The van der Waals surface area contributed by atoms with Gasteiger partial charge in [-0.3, -0.25) is 4.79 Å². The van der Waals surface area contributed by atoms with Crippen LogP contribution >= 0.6 is 0 Å². The average Bonchev–Trinajstić information content (AvgIpc) is 3.11. The molecule has 0 atom stereocenters. The summed E-state index contributed by atoms with van der Waals surface area (Å²) in [6, 6.07) is 17.4. The van der Waals surface area contributed by atoms with Crippen molar-refractivity contribution in [1.82, 2.24) is 10.2 Å². The summed E-state index contributed by atoms with van der Waals surface area (Å²) in [5, 5.41) is 11.3. The third-order valence-electron chi connectivity index (χ3n) is 4.11. The molecule has 2 aromatic carbocycles. The monoisotopic (exact) mass is 336 g/mol. The van der Waals surface area contributed by atoms with E-state index in [-0.39, 0.29) is 5.41 Å². The molecule has 0 fully saturated rings. The van der Waals surface area contributed by atoms with Gasteiger partial charge in [0, 0.05) is 12.1 Å². The Balaban J connectivity index is 1.72. The van der Waals surface area contributed by atoms with Gasteiger partial charge in [0.1, 0.15) is 0 Å². The number of amides is 1. The molecule has 3 aromatic rings. The number of nitrogens with zero attached hydrogens (tertiary/aromatic N) is 2. The molecule has 6 heteroatoms. The van der Waals surface area contributed by atoms with E-state index in [1.165, 1.54) is 0 Å². The Morgan fingerprint density at radius 2 is 1.88 bits per heavy atom. The van der Waals surface area contributed by atoms with Gasteiger partial charge in [0.2, 0.25) is 11.8 Å². The van der Waals surface area contributed by atoms with Gasteiger partial charge in [0.05, 0.1) is 5.41 Å². The van der Waals surface area contributed by atoms with Gasteiger partial charge in [-0.1, -0.05) is 47.6 Å². The molecule has 0 bridgehead atoms. The van der Waals surface area contributed by atoms with Crippen LogP contribution in [0.25, 0.3) is 0 Å². The Morgan fingerprint density at radius 1 is 1.12 bits per heavy atom. The highest BCUT2D eigenvalue weighted by molar-refractivity contribution is 5.92. The minimum atomic E-state index is -0.452. The zero-order chi connectivity index (χ0) is 17.9. The van der Waals surface area contributed by atoms with E-state index in [0.29, 0.717) is 24.0 Å². The van der Waals surface area contributed by atoms with E-state index >= 15 is 0 Å². The smallest absolute Gasteiger partial charge is 0.315 e. The summed E-state index contributed by atoms with van der Waals surface area (Å²) < 4.78 is 5.78. The molecule has 0 spiro atoms. The summed E-state index contributed by atoms with van der Waals surface area (Å²) >= 11 is 0. The van der Waals surface area contributed by atoms with E-state index in [0.717, 1.165) is 11.1 Å². The molecule has 1 aromatic heterocycles. The summed E-state index contributed by atoms with van der Waals surface area (Å²) in [6.45, 7) is 4.53. The standard InChI is InChI=1S/C19H20N4O2/c1-19(2,15-9-4-3-5-10-15)17-22-23-18(25-17)21-12-13-7-6-8-14(11-13)16(20)24/h3-11H,12H2,1-2H3,(H2,20,24)(H,21,23). The summed E-state index contributed by atoms with van der Waals surface area (Å²) in [6.07, 6.45) is 0. The van der Waals surface area contributed by atoms with Crippen molar-refractivity contribution in [3.8, 4) is 0 Å². The highest BCUT2D eigenvalue weighted by Gasteiger charge is 2.29. The minimum absolute atomic E-state index is 0.337. The van der Waals surface area contributed by atoms with Crippen LogP contribution in [-0.4, -0.2) is 16.1 Å². The van der Waals surface area contributed by atoms with Crippen molar-refractivity contribution < 1.29 is 9.21 Å². The van der Waals surface area contributed by atoms with Crippen LogP contribution in [0.2, 0.25) is 0 Å². The van der Waals surface area contributed by atoms with Crippen LogP contribution in [0, 0.1) is 0 Å². The zero-order valence-electron chi connectivity index (χ0n) is 14.2. The lowest BCUT2D eigenvalue weighted by Crippen LogP contribution is -2.19. The van der Waals surface area contributed by atoms with E-state index < -0.39 is 5.91 Å². The highest BCUT2D eigenvalue weighted by atomic mass is 16.4. The summed E-state index contributed by atoms with van der Waals surface area (Å²) in [5.41, 5.74) is 7.37. The maximum atomic E-state index is 11.2. The topological polar surface area (TPSA) is 94.0 Å². The van der Waals surface area contributed by atoms with Crippen LogP contribution in [-0.2, 0) is 12.0 Å². The maximum Gasteiger partial charge on any atom is 0.315 e. The van der Waals surface area contributed by atoms with Crippen molar-refractivity contribution in [3.63, 3.8) is 0 Å². The number of primary amides is 1. The van der Waals surface area contributed by atoms with Crippen LogP contribution < -0.4 is 11.1 Å². The molecule has 3 N–H and O–H groups in total. The first-order valence-corrected chi connectivity index (χ1v) is 7.99. The molecule has 1 heterocycles. The molecule has 1 amide bonds. The maximum absolute atomic E-state index is 11.2. The molecule has 6 nitrogen and oxygen atoms in total. The molecule has 0 radical (unpaired) electrons. The second-order valence-corrected chi connectivity index (χ2v) is 6.32. The van der Waals surface area contributed by atoms with Gasteiger partial charge in [-0.25, -0.2) is 0 Å². The Hall–Kier alpha value is -3.15. The number of anilines is 1. The third-order valence-corrected chi connectivity index (χ3v) is 4.11. The van der Waals surface area contributed by atoms with E-state index in [9.17, 15) is 4.79 Å². The lowest BCUT2D eigenvalue weighted by atomic mass is 9.85. The zero-order valence-corrected chi connectivity index (χ0v) is 14.2. The molecule has 0 saturated carbocycles. The molecule has 0 aliphatic carbocycles. The Labute approximate surface area is 146 Å². The SMILES string of the molecule is CC(C)(c1ccccc1)c1nnc(NCc2cccc(C(N)=O)c2)o1. The predicted octanol–water partition coefficient (Wildman–Crippen LogP) is 3.11. The first kappa shape index (κ1) is 16.7. The number of nitrogens with two attached hydrogens (primary N) is 1. The number of rotatable bonds is 6. The molecule has 3 rings (SSSR count). The molecule has 0 aliphatic heterocycles. The molecule has 0 unspecified atom stereocenters. The van der Waals surface area contributed by atoms with Gasteiger partial charge in [0.15, 0.2) is 0 Å².